The van der Waals surface area contributed by atoms with E-state index in [0.29, 0.717) is 19.0 Å². The summed E-state index contributed by atoms with van der Waals surface area (Å²) >= 11 is 0. The molecule has 0 bridgehead atoms. The lowest BCUT2D eigenvalue weighted by Crippen LogP contribution is -2.50. The topological polar surface area (TPSA) is 105 Å². The number of rotatable bonds is 3. The van der Waals surface area contributed by atoms with E-state index >= 15 is 0 Å². The molecule has 8 nitrogen and oxygen atoms in total. The van der Waals surface area contributed by atoms with E-state index in [2.05, 4.69) is 15.3 Å². The summed E-state index contributed by atoms with van der Waals surface area (Å²) in [7, 11) is 0. The maximum atomic E-state index is 12.1. The van der Waals surface area contributed by atoms with E-state index in [1.54, 1.807) is 4.90 Å². The molecule has 1 aliphatic heterocycles. The largest absolute Gasteiger partial charge is 0.478 e. The SMILES string of the molecule is CC1(Nc2ncc(C(=O)O)cn2)CCN(C(=O)OC(C)(C)C)CC1. The van der Waals surface area contributed by atoms with Crippen molar-refractivity contribution in [2.45, 2.75) is 51.7 Å². The van der Waals surface area contributed by atoms with Gasteiger partial charge in [-0.1, -0.05) is 0 Å². The normalized spacial score (nSPS) is 17.2. The summed E-state index contributed by atoms with van der Waals surface area (Å²) in [5.41, 5.74) is -0.718. The van der Waals surface area contributed by atoms with Crippen molar-refractivity contribution in [1.82, 2.24) is 14.9 Å². The van der Waals surface area contributed by atoms with Gasteiger partial charge in [-0.25, -0.2) is 19.6 Å². The van der Waals surface area contributed by atoms with Gasteiger partial charge in [-0.15, -0.1) is 0 Å². The van der Waals surface area contributed by atoms with Crippen LogP contribution in [0.25, 0.3) is 0 Å². The van der Waals surface area contributed by atoms with Crippen molar-refractivity contribution in [3.8, 4) is 0 Å². The van der Waals surface area contributed by atoms with Crippen molar-refractivity contribution in [2.75, 3.05) is 18.4 Å². The average molecular weight is 336 g/mol. The van der Waals surface area contributed by atoms with Crippen molar-refractivity contribution in [1.29, 1.82) is 0 Å². The Kier molecular flexibility index (Phi) is 4.96. The van der Waals surface area contributed by atoms with Gasteiger partial charge in [0.2, 0.25) is 5.95 Å². The number of carboxylic acid groups (broad SMARTS) is 1. The van der Waals surface area contributed by atoms with Gasteiger partial charge in [-0.3, -0.25) is 0 Å². The van der Waals surface area contributed by atoms with E-state index < -0.39 is 11.6 Å². The minimum Gasteiger partial charge on any atom is -0.478 e. The van der Waals surface area contributed by atoms with E-state index in [-0.39, 0.29) is 17.2 Å². The molecular formula is C16H24N4O4. The van der Waals surface area contributed by atoms with E-state index in [1.807, 2.05) is 27.7 Å². The number of carbonyl (C=O) groups excluding carboxylic acids is 1. The Balaban J connectivity index is 1.92. The van der Waals surface area contributed by atoms with Crippen molar-refractivity contribution < 1.29 is 19.4 Å². The minimum absolute atomic E-state index is 0.0467. The first-order valence-corrected chi connectivity index (χ1v) is 7.89. The Morgan fingerprint density at radius 3 is 2.25 bits per heavy atom. The first kappa shape index (κ1) is 18.0. The number of nitrogens with zero attached hydrogens (tertiary/aromatic N) is 3. The zero-order valence-corrected chi connectivity index (χ0v) is 14.5. The third-order valence-electron chi connectivity index (χ3n) is 3.83. The summed E-state index contributed by atoms with van der Waals surface area (Å²) in [6.07, 6.45) is 3.69. The average Bonchev–Trinajstić information content (AvgIpc) is 2.46. The molecule has 2 rings (SSSR count). The summed E-state index contributed by atoms with van der Waals surface area (Å²) in [6.45, 7) is 8.72. The monoisotopic (exact) mass is 336 g/mol. The highest BCUT2D eigenvalue weighted by atomic mass is 16.6. The number of likely N-dealkylation sites (tertiary alicyclic amines) is 1. The second-order valence-corrected chi connectivity index (χ2v) is 7.25. The first-order valence-electron chi connectivity index (χ1n) is 7.89. The molecule has 24 heavy (non-hydrogen) atoms. The molecule has 0 radical (unpaired) electrons. The Morgan fingerprint density at radius 1 is 1.25 bits per heavy atom. The first-order chi connectivity index (χ1) is 11.1. The summed E-state index contributed by atoms with van der Waals surface area (Å²) in [5, 5.41) is 12.1. The fourth-order valence-electron chi connectivity index (χ4n) is 2.41. The summed E-state index contributed by atoms with van der Waals surface area (Å²) < 4.78 is 5.39. The van der Waals surface area contributed by atoms with Crippen molar-refractivity contribution in [3.05, 3.63) is 18.0 Å². The number of anilines is 1. The molecule has 0 aliphatic carbocycles. The molecule has 0 atom stereocenters. The Hall–Kier alpha value is -2.38. The molecule has 2 N–H and O–H groups in total. The second kappa shape index (κ2) is 6.62. The van der Waals surface area contributed by atoms with E-state index in [1.165, 1.54) is 12.4 Å². The minimum atomic E-state index is -1.06. The lowest BCUT2D eigenvalue weighted by molar-refractivity contribution is 0.0184. The molecule has 0 unspecified atom stereocenters. The quantitative estimate of drug-likeness (QED) is 0.873. The summed E-state index contributed by atoms with van der Waals surface area (Å²) in [5.74, 6) is -0.674. The molecule has 2 heterocycles. The van der Waals surface area contributed by atoms with Crippen LogP contribution in [-0.4, -0.2) is 56.3 Å². The molecular weight excluding hydrogens is 312 g/mol. The molecule has 1 aliphatic rings. The molecule has 0 saturated carbocycles. The van der Waals surface area contributed by atoms with E-state index in [4.69, 9.17) is 9.84 Å². The van der Waals surface area contributed by atoms with Gasteiger partial charge >= 0.3 is 12.1 Å². The van der Waals surface area contributed by atoms with E-state index in [0.717, 1.165) is 12.8 Å². The Labute approximate surface area is 141 Å². The van der Waals surface area contributed by atoms with Crippen LogP contribution in [0.15, 0.2) is 12.4 Å². The molecule has 1 aromatic rings. The number of carboxylic acids is 1. The number of aromatic carboxylic acids is 1. The number of aromatic nitrogens is 2. The van der Waals surface area contributed by atoms with Crippen molar-refractivity contribution >= 4 is 18.0 Å². The highest BCUT2D eigenvalue weighted by Crippen LogP contribution is 2.26. The van der Waals surface area contributed by atoms with Gasteiger partial charge in [0.1, 0.15) is 5.60 Å². The van der Waals surface area contributed by atoms with Crippen LogP contribution in [0, 0.1) is 0 Å². The summed E-state index contributed by atoms with van der Waals surface area (Å²) in [6, 6.07) is 0. The molecule has 1 saturated heterocycles. The number of hydrogen-bond acceptors (Lipinski definition) is 6. The number of carbonyl (C=O) groups is 2. The fraction of sp³-hybridized carbons (Fsp3) is 0.625. The Morgan fingerprint density at radius 2 is 1.79 bits per heavy atom. The summed E-state index contributed by atoms with van der Waals surface area (Å²) in [4.78, 5) is 32.7. The van der Waals surface area contributed by atoms with Gasteiger partial charge in [-0.05, 0) is 40.5 Å². The lowest BCUT2D eigenvalue weighted by atomic mass is 9.90. The predicted molar refractivity (Wildman–Crippen MR) is 88.1 cm³/mol. The standard InChI is InChI=1S/C16H24N4O4/c1-15(2,3)24-14(23)20-7-5-16(4,6-8-20)19-13-17-9-11(10-18-13)12(21)22/h9-10H,5-8H2,1-4H3,(H,21,22)(H,17,18,19). The maximum absolute atomic E-state index is 12.1. The number of nitrogens with one attached hydrogen (secondary N) is 1. The molecule has 1 amide bonds. The molecule has 8 heteroatoms. The third kappa shape index (κ3) is 4.81. The van der Waals surface area contributed by atoms with Crippen LogP contribution in [0.2, 0.25) is 0 Å². The van der Waals surface area contributed by atoms with E-state index in [9.17, 15) is 9.59 Å². The van der Waals surface area contributed by atoms with Gasteiger partial charge in [0.15, 0.2) is 0 Å². The van der Waals surface area contributed by atoms with Gasteiger partial charge in [0.25, 0.3) is 0 Å². The van der Waals surface area contributed by atoms with Crippen LogP contribution >= 0.6 is 0 Å². The highest BCUT2D eigenvalue weighted by Gasteiger charge is 2.34. The smallest absolute Gasteiger partial charge is 0.410 e. The molecule has 1 aromatic heterocycles. The zero-order valence-electron chi connectivity index (χ0n) is 14.5. The number of piperidine rings is 1. The number of hydrogen-bond donors (Lipinski definition) is 2. The van der Waals surface area contributed by atoms with Crippen LogP contribution in [0.1, 0.15) is 50.9 Å². The van der Waals surface area contributed by atoms with Crippen molar-refractivity contribution in [2.24, 2.45) is 0 Å². The lowest BCUT2D eigenvalue weighted by Gasteiger charge is -2.40. The van der Waals surface area contributed by atoms with Gasteiger partial charge in [-0.2, -0.15) is 0 Å². The highest BCUT2D eigenvalue weighted by molar-refractivity contribution is 5.86. The molecule has 132 valence electrons. The van der Waals surface area contributed by atoms with Gasteiger partial charge in [0, 0.05) is 31.0 Å². The van der Waals surface area contributed by atoms with Crippen molar-refractivity contribution in [3.63, 3.8) is 0 Å². The molecule has 0 aromatic carbocycles. The van der Waals surface area contributed by atoms with Crippen LogP contribution in [0.4, 0.5) is 10.7 Å². The molecule has 1 fully saturated rings. The zero-order chi connectivity index (χ0) is 18.0. The number of ether oxygens (including phenoxy) is 1. The second-order valence-electron chi connectivity index (χ2n) is 7.25. The third-order valence-corrected chi connectivity index (χ3v) is 3.83. The maximum Gasteiger partial charge on any atom is 0.410 e. The van der Waals surface area contributed by atoms with Crippen LogP contribution in [0.3, 0.4) is 0 Å². The van der Waals surface area contributed by atoms with Gasteiger partial charge < -0.3 is 20.1 Å². The molecule has 0 spiro atoms. The van der Waals surface area contributed by atoms with Gasteiger partial charge in [0.05, 0.1) is 5.56 Å². The predicted octanol–water partition coefficient (Wildman–Crippen LogP) is 2.38. The van der Waals surface area contributed by atoms with Crippen LogP contribution in [0.5, 0.6) is 0 Å². The Bertz CT molecular complexity index is 601. The fourth-order valence-corrected chi connectivity index (χ4v) is 2.41. The number of amides is 1. The van der Waals surface area contributed by atoms with Crippen LogP contribution in [-0.2, 0) is 4.74 Å². The van der Waals surface area contributed by atoms with Crippen LogP contribution < -0.4 is 5.32 Å².